The van der Waals surface area contributed by atoms with E-state index in [9.17, 15) is 13.2 Å². The number of carbonyl (C=O) groups excluding carboxylic acids is 1. The van der Waals surface area contributed by atoms with Crippen LogP contribution in [-0.4, -0.2) is 43.8 Å². The van der Waals surface area contributed by atoms with Crippen LogP contribution in [0.25, 0.3) is 0 Å². The Balaban J connectivity index is 2.01. The van der Waals surface area contributed by atoms with Gasteiger partial charge in [-0.1, -0.05) is 11.6 Å². The van der Waals surface area contributed by atoms with E-state index in [4.69, 9.17) is 16.7 Å². The first-order valence-corrected chi connectivity index (χ1v) is 8.46. The summed E-state index contributed by atoms with van der Waals surface area (Å²) in [5.41, 5.74) is 0.360. The van der Waals surface area contributed by atoms with E-state index in [1.54, 1.807) is 17.0 Å². The summed E-state index contributed by atoms with van der Waals surface area (Å²) in [5.74, 6) is -0.148. The predicted octanol–water partition coefficient (Wildman–Crippen LogP) is 0.380. The van der Waals surface area contributed by atoms with E-state index < -0.39 is 10.2 Å². The van der Waals surface area contributed by atoms with Gasteiger partial charge < -0.3 is 4.90 Å². The van der Waals surface area contributed by atoms with E-state index in [1.165, 1.54) is 6.20 Å². The molecule has 0 bridgehead atoms. The van der Waals surface area contributed by atoms with Crippen LogP contribution in [0.1, 0.15) is 23.2 Å². The van der Waals surface area contributed by atoms with Crippen molar-refractivity contribution in [3.05, 3.63) is 29.0 Å². The number of piperidine rings is 1. The van der Waals surface area contributed by atoms with E-state index in [-0.39, 0.29) is 23.5 Å². The summed E-state index contributed by atoms with van der Waals surface area (Å²) in [6, 6.07) is 3.28. The lowest BCUT2D eigenvalue weighted by Crippen LogP contribution is -2.44. The van der Waals surface area contributed by atoms with Gasteiger partial charge in [0.05, 0.1) is 5.56 Å². The van der Waals surface area contributed by atoms with Gasteiger partial charge in [-0.3, -0.25) is 4.79 Å². The summed E-state index contributed by atoms with van der Waals surface area (Å²) in [6.07, 6.45) is 3.17. The predicted molar refractivity (Wildman–Crippen MR) is 79.0 cm³/mol. The van der Waals surface area contributed by atoms with Crippen molar-refractivity contribution < 1.29 is 13.2 Å². The van der Waals surface area contributed by atoms with Crippen molar-refractivity contribution in [3.8, 4) is 0 Å². The van der Waals surface area contributed by atoms with E-state index in [1.807, 2.05) is 0 Å². The fourth-order valence-electron chi connectivity index (χ4n) is 2.37. The summed E-state index contributed by atoms with van der Waals surface area (Å²) in [6.45, 7) is 1.31. The summed E-state index contributed by atoms with van der Waals surface area (Å²) in [7, 11) is -3.70. The highest BCUT2D eigenvalue weighted by Gasteiger charge is 2.26. The number of nitrogens with one attached hydrogen (secondary N) is 1. The molecule has 0 saturated carbocycles. The SMILES string of the molecule is NS(=O)(=O)NCC1CCCN(C(=O)c2cccnc2Cl)C1. The van der Waals surface area contributed by atoms with Crippen LogP contribution < -0.4 is 9.86 Å². The van der Waals surface area contributed by atoms with Crippen molar-refractivity contribution in [2.45, 2.75) is 12.8 Å². The molecule has 0 aromatic carbocycles. The molecule has 1 fully saturated rings. The van der Waals surface area contributed by atoms with Crippen molar-refractivity contribution in [3.63, 3.8) is 0 Å². The van der Waals surface area contributed by atoms with Gasteiger partial charge in [-0.15, -0.1) is 0 Å². The smallest absolute Gasteiger partial charge is 0.274 e. The number of hydrogen-bond acceptors (Lipinski definition) is 4. The fourth-order valence-corrected chi connectivity index (χ4v) is 3.03. The zero-order valence-electron chi connectivity index (χ0n) is 11.3. The first-order valence-electron chi connectivity index (χ1n) is 6.54. The molecule has 1 aliphatic heterocycles. The Morgan fingerprint density at radius 1 is 1.57 bits per heavy atom. The van der Waals surface area contributed by atoms with Gasteiger partial charge in [0.15, 0.2) is 0 Å². The average Bonchev–Trinajstić information content (AvgIpc) is 2.44. The normalized spacial score (nSPS) is 19.5. The number of amides is 1. The number of halogens is 1. The van der Waals surface area contributed by atoms with Gasteiger partial charge in [0, 0.05) is 25.8 Å². The van der Waals surface area contributed by atoms with Crippen LogP contribution in [0.15, 0.2) is 18.3 Å². The molecule has 1 aromatic heterocycles. The molecule has 0 spiro atoms. The minimum Gasteiger partial charge on any atom is -0.338 e. The van der Waals surface area contributed by atoms with Gasteiger partial charge in [0.2, 0.25) is 0 Å². The Labute approximate surface area is 128 Å². The third kappa shape index (κ3) is 4.63. The molecule has 1 aliphatic rings. The quantitative estimate of drug-likeness (QED) is 0.777. The monoisotopic (exact) mass is 332 g/mol. The Morgan fingerprint density at radius 3 is 3.00 bits per heavy atom. The molecule has 2 rings (SSSR count). The van der Waals surface area contributed by atoms with E-state index >= 15 is 0 Å². The molecular formula is C12H17ClN4O3S. The summed E-state index contributed by atoms with van der Waals surface area (Å²) in [5, 5.41) is 5.09. The minimum absolute atomic E-state index is 0.0384. The third-order valence-electron chi connectivity index (χ3n) is 3.37. The number of hydrogen-bond donors (Lipinski definition) is 2. The van der Waals surface area contributed by atoms with Crippen molar-refractivity contribution in [2.24, 2.45) is 11.1 Å². The lowest BCUT2D eigenvalue weighted by Gasteiger charge is -2.32. The minimum atomic E-state index is -3.70. The summed E-state index contributed by atoms with van der Waals surface area (Å²) < 4.78 is 24.1. The molecule has 1 saturated heterocycles. The van der Waals surface area contributed by atoms with Gasteiger partial charge in [0.25, 0.3) is 16.1 Å². The lowest BCUT2D eigenvalue weighted by molar-refractivity contribution is 0.0676. The van der Waals surface area contributed by atoms with Gasteiger partial charge in [-0.25, -0.2) is 14.8 Å². The molecule has 2 heterocycles. The fraction of sp³-hybridized carbons (Fsp3) is 0.500. The van der Waals surface area contributed by atoms with Gasteiger partial charge in [-0.05, 0) is 30.9 Å². The highest BCUT2D eigenvalue weighted by molar-refractivity contribution is 7.87. The number of nitrogens with zero attached hydrogens (tertiary/aromatic N) is 2. The number of carbonyl (C=O) groups is 1. The number of pyridine rings is 1. The third-order valence-corrected chi connectivity index (χ3v) is 4.24. The maximum Gasteiger partial charge on any atom is 0.274 e. The first kappa shape index (κ1) is 16.2. The second-order valence-corrected chi connectivity index (χ2v) is 6.73. The largest absolute Gasteiger partial charge is 0.338 e. The highest BCUT2D eigenvalue weighted by atomic mass is 35.5. The van der Waals surface area contributed by atoms with Crippen LogP contribution in [0, 0.1) is 5.92 Å². The average molecular weight is 333 g/mol. The van der Waals surface area contributed by atoms with E-state index in [0.717, 1.165) is 12.8 Å². The van der Waals surface area contributed by atoms with Crippen LogP contribution >= 0.6 is 11.6 Å². The Bertz CT molecular complexity index is 623. The zero-order chi connectivity index (χ0) is 15.5. The Morgan fingerprint density at radius 2 is 2.33 bits per heavy atom. The molecule has 0 radical (unpaired) electrons. The topological polar surface area (TPSA) is 105 Å². The van der Waals surface area contributed by atoms with Crippen molar-refractivity contribution >= 4 is 27.7 Å². The van der Waals surface area contributed by atoms with Crippen LogP contribution in [-0.2, 0) is 10.2 Å². The molecule has 116 valence electrons. The van der Waals surface area contributed by atoms with Crippen LogP contribution in [0.3, 0.4) is 0 Å². The molecule has 1 unspecified atom stereocenters. The first-order chi connectivity index (χ1) is 9.87. The standard InChI is InChI=1S/C12H17ClN4O3S/c13-11-10(4-1-5-15-11)12(18)17-6-2-3-9(8-17)7-16-21(14,19)20/h1,4-5,9,16H,2-3,6-8H2,(H2,14,19,20). The number of aromatic nitrogens is 1. The zero-order valence-corrected chi connectivity index (χ0v) is 12.9. The molecule has 3 N–H and O–H groups in total. The van der Waals surface area contributed by atoms with Crippen molar-refractivity contribution in [1.29, 1.82) is 0 Å². The number of nitrogens with two attached hydrogens (primary N) is 1. The van der Waals surface area contributed by atoms with Crippen LogP contribution in [0.5, 0.6) is 0 Å². The van der Waals surface area contributed by atoms with Crippen LogP contribution in [0.2, 0.25) is 5.15 Å². The van der Waals surface area contributed by atoms with Crippen LogP contribution in [0.4, 0.5) is 0 Å². The maximum absolute atomic E-state index is 12.4. The van der Waals surface area contributed by atoms with Gasteiger partial charge in [0.1, 0.15) is 5.15 Å². The molecule has 1 atom stereocenters. The maximum atomic E-state index is 12.4. The molecule has 21 heavy (non-hydrogen) atoms. The molecule has 1 amide bonds. The second kappa shape index (κ2) is 6.69. The molecule has 0 aliphatic carbocycles. The van der Waals surface area contributed by atoms with Crippen molar-refractivity contribution in [2.75, 3.05) is 19.6 Å². The van der Waals surface area contributed by atoms with E-state index in [2.05, 4.69) is 9.71 Å². The van der Waals surface area contributed by atoms with E-state index in [0.29, 0.717) is 18.7 Å². The van der Waals surface area contributed by atoms with Gasteiger partial charge in [-0.2, -0.15) is 8.42 Å². The highest BCUT2D eigenvalue weighted by Crippen LogP contribution is 2.20. The lowest BCUT2D eigenvalue weighted by atomic mass is 9.98. The Hall–Kier alpha value is -1.22. The number of rotatable bonds is 4. The summed E-state index contributed by atoms with van der Waals surface area (Å²) in [4.78, 5) is 18.0. The van der Waals surface area contributed by atoms with Crippen molar-refractivity contribution in [1.82, 2.24) is 14.6 Å². The summed E-state index contributed by atoms with van der Waals surface area (Å²) >= 11 is 5.93. The number of likely N-dealkylation sites (tertiary alicyclic amines) is 1. The molecule has 7 nitrogen and oxygen atoms in total. The molecule has 1 aromatic rings. The second-order valence-electron chi connectivity index (χ2n) is 4.99. The molecule has 9 heteroatoms. The van der Waals surface area contributed by atoms with Gasteiger partial charge >= 0.3 is 0 Å². The molecular weight excluding hydrogens is 316 g/mol. The Kier molecular flexibility index (Phi) is 5.15.